The zero-order chi connectivity index (χ0) is 45.9. The van der Waals surface area contributed by atoms with Crippen LogP contribution in [-0.4, -0.2) is 109 Å². The Labute approximate surface area is 384 Å². The number of benzene rings is 4. The number of halogens is 4. The summed E-state index contributed by atoms with van der Waals surface area (Å²) in [7, 11) is -1.21. The molecule has 4 fully saturated rings. The molecule has 2 N–H and O–H groups in total. The van der Waals surface area contributed by atoms with E-state index in [9.17, 15) is 35.6 Å². The van der Waals surface area contributed by atoms with Gasteiger partial charge >= 0.3 is 6.18 Å². The molecular weight excluding hydrogens is 881 g/mol. The molecule has 2 saturated heterocycles. The molecule has 2 saturated carbocycles. The number of methoxy groups -OCH3 is 1. The van der Waals surface area contributed by atoms with Gasteiger partial charge in [0.1, 0.15) is 33.5 Å². The van der Waals surface area contributed by atoms with Crippen molar-refractivity contribution in [3.63, 3.8) is 0 Å². The Morgan fingerprint density at radius 3 is 1.49 bits per heavy atom. The molecular formula is C48H58F4N6O5S2. The van der Waals surface area contributed by atoms with E-state index in [4.69, 9.17) is 4.74 Å². The van der Waals surface area contributed by atoms with Gasteiger partial charge in [0.15, 0.2) is 0 Å². The summed E-state index contributed by atoms with van der Waals surface area (Å²) in [5.74, 6) is 0.611. The van der Waals surface area contributed by atoms with Crippen LogP contribution < -0.4 is 15.4 Å². The van der Waals surface area contributed by atoms with Crippen LogP contribution in [0.1, 0.15) is 68.1 Å². The van der Waals surface area contributed by atoms with Crippen molar-refractivity contribution in [2.75, 3.05) is 46.4 Å². The van der Waals surface area contributed by atoms with Gasteiger partial charge in [-0.25, -0.2) is 21.4 Å². The highest BCUT2D eigenvalue weighted by Gasteiger charge is 2.42. The minimum Gasteiger partial charge on any atom is -0.497 e. The third kappa shape index (κ3) is 13.8. The van der Waals surface area contributed by atoms with E-state index in [-0.39, 0.29) is 53.7 Å². The average Bonchev–Trinajstić information content (AvgIpc) is 4.28. The normalized spacial score (nSPS) is 18.3. The highest BCUT2D eigenvalue weighted by atomic mass is 32.2. The summed E-state index contributed by atoms with van der Waals surface area (Å²) >= 11 is 0. The maximum atomic E-state index is 13.3. The number of hydrogen-bond donors (Lipinski definition) is 2. The molecule has 2 aliphatic carbocycles. The average molecular weight is 939 g/mol. The summed E-state index contributed by atoms with van der Waals surface area (Å²) in [5.41, 5.74) is 1.21. The number of amides is 2. The number of carbonyl (C=O) groups excluding carboxylic acids is 2. The van der Waals surface area contributed by atoms with E-state index in [2.05, 4.69) is 14.9 Å². The summed E-state index contributed by atoms with van der Waals surface area (Å²) < 4.78 is 88.0. The molecule has 2 heterocycles. The van der Waals surface area contributed by atoms with E-state index in [1.165, 1.54) is 24.3 Å². The molecule has 4 aliphatic rings. The van der Waals surface area contributed by atoms with Crippen LogP contribution in [0.15, 0.2) is 113 Å². The summed E-state index contributed by atoms with van der Waals surface area (Å²) in [6.07, 6.45) is 2.49. The summed E-state index contributed by atoms with van der Waals surface area (Å²) in [4.78, 5) is 29.9. The van der Waals surface area contributed by atoms with Crippen molar-refractivity contribution in [1.29, 1.82) is 0 Å². The minimum atomic E-state index is -4.47. The first-order chi connectivity index (χ1) is 31.4. The number of carbonyl (C=O) groups is 2. The lowest BCUT2D eigenvalue weighted by molar-refractivity contribution is -0.137. The van der Waals surface area contributed by atoms with Crippen molar-refractivity contribution in [3.05, 3.63) is 126 Å². The minimum absolute atomic E-state index is 0.00827. The van der Waals surface area contributed by atoms with Gasteiger partial charge in [0.2, 0.25) is 11.8 Å². The highest BCUT2D eigenvalue weighted by Crippen LogP contribution is 2.37. The van der Waals surface area contributed by atoms with E-state index in [1.807, 2.05) is 63.8 Å². The van der Waals surface area contributed by atoms with Crippen molar-refractivity contribution in [2.45, 2.75) is 105 Å². The number of ether oxygens (including phenoxy) is 1. The SMILES string of the molecule is COc1ccc(CNCC(=O)N2CCC(N(C3CC3)S(=O)c3cccc(C(F)(F)F)c3)CC2)cc1.O=C(CNCc1ccc(F)cc1)N1CCC(N(C2CC2)S(=O)c2ccccc2)CC1. The molecule has 8 rings (SSSR count). The monoisotopic (exact) mass is 938 g/mol. The molecule has 0 radical (unpaired) electrons. The van der Waals surface area contributed by atoms with Gasteiger partial charge in [0.05, 0.1) is 35.6 Å². The lowest BCUT2D eigenvalue weighted by atomic mass is 10.0. The Bertz CT molecular complexity index is 2220. The first kappa shape index (κ1) is 48.4. The molecule has 0 spiro atoms. The fourth-order valence-electron chi connectivity index (χ4n) is 8.29. The van der Waals surface area contributed by atoms with Gasteiger partial charge in [0, 0.05) is 63.4 Å². The zero-order valence-electron chi connectivity index (χ0n) is 36.6. The Hall–Kier alpha value is -4.52. The number of piperidine rings is 2. The van der Waals surface area contributed by atoms with Gasteiger partial charge in [-0.05, 0) is 117 Å². The molecule has 0 bridgehead atoms. The standard InChI is InChI=1S/C25H30F3N3O3S.C23H28FN3O2S/c1-34-22-9-5-18(6-10-22)16-29-17-24(32)30-13-11-21(12-14-30)31(20-7-8-20)35(33)23-4-2-3-19(15-23)25(26,27)28;24-19-8-6-18(7-9-19)16-25-17-23(28)26-14-12-21(13-15-26)27(20-10-11-20)30(29)22-4-2-1-3-5-22/h2-6,9-10,15,20-21,29H,7-8,11-14,16-17H2,1H3;1-9,20-21,25H,10-17H2. The predicted molar refractivity (Wildman–Crippen MR) is 242 cm³/mol. The van der Waals surface area contributed by atoms with Gasteiger partial charge in [0.25, 0.3) is 0 Å². The molecule has 0 aromatic heterocycles. The molecule has 4 aromatic carbocycles. The van der Waals surface area contributed by atoms with Gasteiger partial charge in [-0.3, -0.25) is 9.59 Å². The van der Waals surface area contributed by atoms with Crippen molar-refractivity contribution < 1.29 is 40.3 Å². The van der Waals surface area contributed by atoms with Crippen molar-refractivity contribution in [1.82, 2.24) is 29.0 Å². The molecule has 2 atom stereocenters. The van der Waals surface area contributed by atoms with Crippen LogP contribution in [0.4, 0.5) is 17.6 Å². The molecule has 2 unspecified atom stereocenters. The zero-order valence-corrected chi connectivity index (χ0v) is 38.2. The Kier molecular flexibility index (Phi) is 17.0. The molecule has 11 nitrogen and oxygen atoms in total. The summed E-state index contributed by atoms with van der Waals surface area (Å²) in [6.45, 7) is 4.05. The fraction of sp³-hybridized carbons (Fsp3) is 0.458. The van der Waals surface area contributed by atoms with Crippen LogP contribution in [0.5, 0.6) is 5.75 Å². The maximum Gasteiger partial charge on any atom is 0.416 e. The van der Waals surface area contributed by atoms with Gasteiger partial charge in [-0.1, -0.05) is 48.5 Å². The third-order valence-electron chi connectivity index (χ3n) is 12.1. The molecule has 2 amide bonds. The second-order valence-corrected chi connectivity index (χ2v) is 19.7. The summed E-state index contributed by atoms with van der Waals surface area (Å²) in [5, 5.41) is 6.32. The number of likely N-dealkylation sites (tertiary alicyclic amines) is 2. The Morgan fingerprint density at radius 1 is 0.615 bits per heavy atom. The largest absolute Gasteiger partial charge is 0.497 e. The number of nitrogens with zero attached hydrogens (tertiary/aromatic N) is 4. The number of rotatable bonds is 17. The van der Waals surface area contributed by atoms with E-state index >= 15 is 0 Å². The van der Waals surface area contributed by atoms with Crippen LogP contribution >= 0.6 is 0 Å². The molecule has 17 heteroatoms. The third-order valence-corrected chi connectivity index (χ3v) is 15.4. The van der Waals surface area contributed by atoms with Crippen molar-refractivity contribution in [3.8, 4) is 5.75 Å². The topological polar surface area (TPSA) is 115 Å². The lowest BCUT2D eigenvalue weighted by Gasteiger charge is -2.38. The van der Waals surface area contributed by atoms with Crippen LogP contribution in [0, 0.1) is 5.82 Å². The predicted octanol–water partition coefficient (Wildman–Crippen LogP) is 7.08. The van der Waals surface area contributed by atoms with Crippen LogP contribution in [0.3, 0.4) is 0 Å². The smallest absolute Gasteiger partial charge is 0.416 e. The maximum absolute atomic E-state index is 13.3. The second kappa shape index (κ2) is 22.8. The Balaban J connectivity index is 0.000000196. The Morgan fingerprint density at radius 2 is 1.05 bits per heavy atom. The quantitative estimate of drug-likeness (QED) is 0.109. The van der Waals surface area contributed by atoms with E-state index < -0.39 is 33.7 Å². The number of nitrogens with one attached hydrogen (secondary N) is 2. The first-order valence-electron chi connectivity index (χ1n) is 22.3. The number of hydrogen-bond acceptors (Lipinski definition) is 7. The molecule has 350 valence electrons. The van der Waals surface area contributed by atoms with E-state index in [0.29, 0.717) is 58.2 Å². The van der Waals surface area contributed by atoms with Gasteiger partial charge in [-0.2, -0.15) is 13.2 Å². The van der Waals surface area contributed by atoms with E-state index in [1.54, 1.807) is 24.1 Å². The van der Waals surface area contributed by atoms with Crippen LogP contribution in [-0.2, 0) is 50.8 Å². The van der Waals surface area contributed by atoms with Gasteiger partial charge in [-0.15, -0.1) is 0 Å². The van der Waals surface area contributed by atoms with Crippen molar-refractivity contribution in [2.24, 2.45) is 0 Å². The summed E-state index contributed by atoms with van der Waals surface area (Å²) in [6, 6.07) is 29.1. The lowest BCUT2D eigenvalue weighted by Crippen LogP contribution is -2.49. The molecule has 2 aliphatic heterocycles. The van der Waals surface area contributed by atoms with Crippen LogP contribution in [0.2, 0.25) is 0 Å². The molecule has 4 aromatic rings. The van der Waals surface area contributed by atoms with Crippen molar-refractivity contribution >= 4 is 33.8 Å². The van der Waals surface area contributed by atoms with Gasteiger partial charge < -0.3 is 25.2 Å². The first-order valence-corrected chi connectivity index (χ1v) is 24.6. The van der Waals surface area contributed by atoms with Crippen LogP contribution in [0.25, 0.3) is 0 Å². The fourth-order valence-corrected chi connectivity index (χ4v) is 11.5. The van der Waals surface area contributed by atoms with E-state index in [0.717, 1.165) is 72.4 Å². The second-order valence-electron chi connectivity index (χ2n) is 16.9. The number of alkyl halides is 3. The highest BCUT2D eigenvalue weighted by molar-refractivity contribution is 7.83. The molecule has 65 heavy (non-hydrogen) atoms.